The first-order valence-corrected chi connectivity index (χ1v) is 5.71. The third kappa shape index (κ3) is 1.82. The van der Waals surface area contributed by atoms with E-state index in [1.54, 1.807) is 6.07 Å². The highest BCUT2D eigenvalue weighted by Gasteiger charge is 2.32. The first kappa shape index (κ1) is 10.1. The van der Waals surface area contributed by atoms with Crippen molar-refractivity contribution in [1.29, 1.82) is 0 Å². The van der Waals surface area contributed by atoms with Crippen LogP contribution in [0.2, 0.25) is 0 Å². The number of nitrogen functional groups attached to an aromatic ring is 1. The van der Waals surface area contributed by atoms with Crippen molar-refractivity contribution in [2.24, 2.45) is 5.92 Å². The first-order valence-electron chi connectivity index (χ1n) is 5.71. The van der Waals surface area contributed by atoms with Crippen molar-refractivity contribution in [3.8, 4) is 11.3 Å². The molecule has 1 fully saturated rings. The number of nitrogens with two attached hydrogens (primary N) is 1. The molecule has 86 valence electrons. The summed E-state index contributed by atoms with van der Waals surface area (Å²) in [7, 11) is 0. The predicted octanol–water partition coefficient (Wildman–Crippen LogP) is 2.18. The van der Waals surface area contributed by atoms with E-state index in [-0.39, 0.29) is 11.8 Å². The van der Waals surface area contributed by atoms with Gasteiger partial charge < -0.3 is 5.73 Å². The van der Waals surface area contributed by atoms with Gasteiger partial charge in [-0.05, 0) is 12.8 Å². The number of hydrogen-bond donors (Lipinski definition) is 1. The average Bonchev–Trinajstić information content (AvgIpc) is 3.12. The minimum absolute atomic E-state index is 0.0561. The van der Waals surface area contributed by atoms with Crippen LogP contribution in [-0.4, -0.2) is 15.7 Å². The summed E-state index contributed by atoms with van der Waals surface area (Å²) in [6.45, 7) is 0. The van der Waals surface area contributed by atoms with E-state index >= 15 is 0 Å². The minimum atomic E-state index is 0.0561. The van der Waals surface area contributed by atoms with Crippen LogP contribution >= 0.6 is 0 Å². The third-order valence-electron chi connectivity index (χ3n) is 2.93. The molecule has 2 N–H and O–H groups in total. The van der Waals surface area contributed by atoms with E-state index in [1.807, 2.05) is 30.3 Å². The summed E-state index contributed by atoms with van der Waals surface area (Å²) >= 11 is 0. The second kappa shape index (κ2) is 3.73. The van der Waals surface area contributed by atoms with Crippen LogP contribution in [-0.2, 0) is 0 Å². The molecule has 4 nitrogen and oxygen atoms in total. The van der Waals surface area contributed by atoms with Gasteiger partial charge in [0.05, 0.1) is 5.69 Å². The Morgan fingerprint density at radius 1 is 1.29 bits per heavy atom. The molecule has 1 aromatic heterocycles. The van der Waals surface area contributed by atoms with Crippen LogP contribution in [0.25, 0.3) is 11.3 Å². The molecule has 0 amide bonds. The lowest BCUT2D eigenvalue weighted by Crippen LogP contribution is -2.15. The Hall–Kier alpha value is -2.10. The van der Waals surface area contributed by atoms with Crippen LogP contribution in [0, 0.1) is 5.92 Å². The highest BCUT2D eigenvalue weighted by Crippen LogP contribution is 2.32. The normalized spacial score (nSPS) is 14.8. The molecule has 3 rings (SSSR count). The number of aromatic nitrogens is 2. The van der Waals surface area contributed by atoms with Crippen molar-refractivity contribution >= 4 is 11.7 Å². The maximum absolute atomic E-state index is 12.1. The molecule has 1 heterocycles. The van der Waals surface area contributed by atoms with E-state index in [2.05, 4.69) is 5.10 Å². The average molecular weight is 227 g/mol. The maximum Gasteiger partial charge on any atom is 0.250 e. The van der Waals surface area contributed by atoms with Crippen molar-refractivity contribution in [3.05, 3.63) is 36.4 Å². The van der Waals surface area contributed by atoms with Gasteiger partial charge in [0.1, 0.15) is 5.82 Å². The summed E-state index contributed by atoms with van der Waals surface area (Å²) < 4.78 is 1.45. The number of hydrogen-bond acceptors (Lipinski definition) is 3. The second-order valence-electron chi connectivity index (χ2n) is 4.34. The van der Waals surface area contributed by atoms with Crippen molar-refractivity contribution in [2.45, 2.75) is 12.8 Å². The van der Waals surface area contributed by atoms with E-state index in [9.17, 15) is 4.79 Å². The molecule has 4 heteroatoms. The van der Waals surface area contributed by atoms with Gasteiger partial charge in [-0.3, -0.25) is 4.79 Å². The van der Waals surface area contributed by atoms with Gasteiger partial charge in [-0.15, -0.1) is 5.10 Å². The summed E-state index contributed by atoms with van der Waals surface area (Å²) in [4.78, 5) is 12.1. The fourth-order valence-electron chi connectivity index (χ4n) is 1.89. The zero-order valence-corrected chi connectivity index (χ0v) is 9.34. The number of carbonyl (C=O) groups is 1. The van der Waals surface area contributed by atoms with Crippen LogP contribution in [0.1, 0.15) is 17.6 Å². The van der Waals surface area contributed by atoms with Crippen molar-refractivity contribution in [2.75, 3.05) is 5.73 Å². The largest absolute Gasteiger partial charge is 0.382 e. The summed E-state index contributed by atoms with van der Waals surface area (Å²) in [6, 6.07) is 11.5. The molecule has 0 unspecified atom stereocenters. The summed E-state index contributed by atoms with van der Waals surface area (Å²) in [5, 5.41) is 4.09. The highest BCUT2D eigenvalue weighted by molar-refractivity contribution is 5.87. The molecule has 0 radical (unpaired) electrons. The smallest absolute Gasteiger partial charge is 0.250 e. The Morgan fingerprint density at radius 2 is 2.00 bits per heavy atom. The van der Waals surface area contributed by atoms with Gasteiger partial charge in [-0.25, -0.2) is 0 Å². The Balaban J connectivity index is 2.07. The summed E-state index contributed by atoms with van der Waals surface area (Å²) in [6.07, 6.45) is 1.93. The van der Waals surface area contributed by atoms with Gasteiger partial charge >= 0.3 is 0 Å². The number of benzene rings is 1. The number of rotatable bonds is 2. The van der Waals surface area contributed by atoms with Gasteiger partial charge in [0, 0.05) is 17.5 Å². The zero-order chi connectivity index (χ0) is 11.8. The Labute approximate surface area is 99.1 Å². The summed E-state index contributed by atoms with van der Waals surface area (Å²) in [5.41, 5.74) is 7.43. The fourth-order valence-corrected chi connectivity index (χ4v) is 1.89. The topological polar surface area (TPSA) is 60.9 Å². The van der Waals surface area contributed by atoms with Crippen molar-refractivity contribution in [3.63, 3.8) is 0 Å². The molecular weight excluding hydrogens is 214 g/mol. The molecule has 0 saturated heterocycles. The molecule has 1 aromatic carbocycles. The number of anilines is 1. The highest BCUT2D eigenvalue weighted by atomic mass is 16.2. The molecule has 17 heavy (non-hydrogen) atoms. The number of nitrogens with zero attached hydrogens (tertiary/aromatic N) is 2. The van der Waals surface area contributed by atoms with Gasteiger partial charge in [0.2, 0.25) is 0 Å². The predicted molar refractivity (Wildman–Crippen MR) is 65.4 cm³/mol. The quantitative estimate of drug-likeness (QED) is 0.855. The lowest BCUT2D eigenvalue weighted by Gasteiger charge is -2.04. The van der Waals surface area contributed by atoms with E-state index in [4.69, 9.17) is 5.73 Å². The van der Waals surface area contributed by atoms with Crippen LogP contribution < -0.4 is 5.73 Å². The van der Waals surface area contributed by atoms with Gasteiger partial charge in [-0.1, -0.05) is 30.3 Å². The van der Waals surface area contributed by atoms with Gasteiger partial charge in [0.25, 0.3) is 5.91 Å². The first-order chi connectivity index (χ1) is 8.25. The monoisotopic (exact) mass is 227 g/mol. The van der Waals surface area contributed by atoms with Crippen LogP contribution in [0.4, 0.5) is 5.82 Å². The van der Waals surface area contributed by atoms with E-state index in [0.29, 0.717) is 5.82 Å². The lowest BCUT2D eigenvalue weighted by molar-refractivity contribution is 0.0872. The zero-order valence-electron chi connectivity index (χ0n) is 9.34. The van der Waals surface area contributed by atoms with Gasteiger partial charge in [0.15, 0.2) is 0 Å². The Bertz CT molecular complexity index is 555. The minimum Gasteiger partial charge on any atom is -0.382 e. The van der Waals surface area contributed by atoms with E-state index in [1.165, 1.54) is 4.68 Å². The third-order valence-corrected chi connectivity index (χ3v) is 2.93. The molecule has 0 aliphatic heterocycles. The van der Waals surface area contributed by atoms with Crippen molar-refractivity contribution in [1.82, 2.24) is 9.78 Å². The van der Waals surface area contributed by atoms with Crippen LogP contribution in [0.5, 0.6) is 0 Å². The molecule has 1 saturated carbocycles. The van der Waals surface area contributed by atoms with Gasteiger partial charge in [-0.2, -0.15) is 4.68 Å². The maximum atomic E-state index is 12.1. The molecule has 2 aromatic rings. The Kier molecular flexibility index (Phi) is 2.21. The molecular formula is C13H13N3O. The van der Waals surface area contributed by atoms with Crippen LogP contribution in [0.3, 0.4) is 0 Å². The number of carbonyl (C=O) groups excluding carboxylic acids is 1. The second-order valence-corrected chi connectivity index (χ2v) is 4.34. The standard InChI is InChI=1S/C13H13N3O/c14-12-8-11(9-4-2-1-3-5-9)16(15-12)13(17)10-6-7-10/h1-5,8,10H,6-7H2,(H2,14,15). The van der Waals surface area contributed by atoms with Crippen LogP contribution in [0.15, 0.2) is 36.4 Å². The molecule has 0 atom stereocenters. The molecule has 1 aliphatic carbocycles. The lowest BCUT2D eigenvalue weighted by atomic mass is 10.1. The molecule has 1 aliphatic rings. The molecule has 0 bridgehead atoms. The SMILES string of the molecule is Nc1cc(-c2ccccc2)n(C(=O)C2CC2)n1. The summed E-state index contributed by atoms with van der Waals surface area (Å²) in [5.74, 6) is 0.579. The van der Waals surface area contributed by atoms with Crippen molar-refractivity contribution < 1.29 is 4.79 Å². The van der Waals surface area contributed by atoms with E-state index < -0.39 is 0 Å². The Morgan fingerprint density at radius 3 is 2.65 bits per heavy atom. The fraction of sp³-hybridized carbons (Fsp3) is 0.231. The molecule has 0 spiro atoms. The van der Waals surface area contributed by atoms with E-state index in [0.717, 1.165) is 24.1 Å².